The van der Waals surface area contributed by atoms with Crippen molar-refractivity contribution >= 4 is 17.3 Å². The highest BCUT2D eigenvalue weighted by atomic mass is 16.6. The number of hydrogen-bond donors (Lipinski definition) is 0. The summed E-state index contributed by atoms with van der Waals surface area (Å²) in [6, 6.07) is 6.94. The Morgan fingerprint density at radius 3 is 2.68 bits per heavy atom. The molecular formula is C17H16N4O4. The molecule has 25 heavy (non-hydrogen) atoms. The fourth-order valence-corrected chi connectivity index (χ4v) is 2.46. The van der Waals surface area contributed by atoms with Gasteiger partial charge in [0.2, 0.25) is 0 Å². The van der Waals surface area contributed by atoms with Crippen molar-refractivity contribution in [2.75, 3.05) is 0 Å². The smallest absolute Gasteiger partial charge is 0.298 e. The molecule has 1 atom stereocenters. The molecule has 128 valence electrons. The van der Waals surface area contributed by atoms with Gasteiger partial charge in [0.25, 0.3) is 0 Å². The summed E-state index contributed by atoms with van der Waals surface area (Å²) in [5.74, 6) is -2.46. The van der Waals surface area contributed by atoms with Crippen LogP contribution in [0, 0.1) is 41.2 Å². The molecule has 2 rings (SSSR count). The fraction of sp³-hybridized carbons (Fsp3) is 0.294. The molecule has 0 saturated heterocycles. The molecule has 0 saturated carbocycles. The molecule has 1 aromatic heterocycles. The third kappa shape index (κ3) is 4.14. The largest absolute Gasteiger partial charge is 0.306 e. The van der Waals surface area contributed by atoms with Crippen LogP contribution >= 0.6 is 0 Å². The Bertz CT molecular complexity index is 879. The number of nitro groups is 1. The number of carbonyl (C=O) groups is 2. The summed E-state index contributed by atoms with van der Waals surface area (Å²) in [7, 11) is 0. The van der Waals surface area contributed by atoms with Crippen LogP contribution in [0.15, 0.2) is 30.6 Å². The quantitative estimate of drug-likeness (QED) is 0.330. The second kappa shape index (κ2) is 7.49. The minimum atomic E-state index is -1.40. The van der Waals surface area contributed by atoms with E-state index in [0.29, 0.717) is 11.1 Å². The number of ketones is 2. The van der Waals surface area contributed by atoms with Gasteiger partial charge >= 0.3 is 5.69 Å². The second-order valence-corrected chi connectivity index (χ2v) is 5.68. The van der Waals surface area contributed by atoms with E-state index in [-0.39, 0.29) is 18.7 Å². The van der Waals surface area contributed by atoms with E-state index < -0.39 is 22.4 Å². The molecule has 1 unspecified atom stereocenters. The molecule has 0 aliphatic rings. The number of hydrogen-bond acceptors (Lipinski definition) is 6. The van der Waals surface area contributed by atoms with Crippen molar-refractivity contribution in [2.24, 2.45) is 5.92 Å². The monoisotopic (exact) mass is 340 g/mol. The molecule has 0 aliphatic carbocycles. The van der Waals surface area contributed by atoms with Crippen LogP contribution in [0.25, 0.3) is 0 Å². The third-order valence-corrected chi connectivity index (χ3v) is 3.78. The van der Waals surface area contributed by atoms with Gasteiger partial charge in [-0.2, -0.15) is 10.4 Å². The van der Waals surface area contributed by atoms with E-state index >= 15 is 0 Å². The standard InChI is InChI=1S/C17H16N4O4/c1-11-3-4-14(12(2)7-11)17(23)15(8-18)16(22)5-6-20-10-13(9-19-20)21(24)25/h3-4,7,9-10,15H,5-6H2,1-2H3. The highest BCUT2D eigenvalue weighted by Crippen LogP contribution is 2.17. The lowest BCUT2D eigenvalue weighted by Gasteiger charge is -2.10. The van der Waals surface area contributed by atoms with Crippen molar-refractivity contribution in [3.63, 3.8) is 0 Å². The van der Waals surface area contributed by atoms with Gasteiger partial charge in [-0.05, 0) is 19.4 Å². The zero-order valence-corrected chi connectivity index (χ0v) is 13.8. The van der Waals surface area contributed by atoms with Crippen LogP contribution in [-0.2, 0) is 11.3 Å². The maximum absolute atomic E-state index is 12.5. The van der Waals surface area contributed by atoms with Gasteiger partial charge in [0, 0.05) is 18.5 Å². The van der Waals surface area contributed by atoms with E-state index in [9.17, 15) is 25.0 Å². The van der Waals surface area contributed by atoms with Crippen molar-refractivity contribution in [1.29, 1.82) is 5.26 Å². The van der Waals surface area contributed by atoms with Gasteiger partial charge in [0.1, 0.15) is 12.4 Å². The van der Waals surface area contributed by atoms with Gasteiger partial charge < -0.3 is 0 Å². The van der Waals surface area contributed by atoms with Crippen LogP contribution in [0.5, 0.6) is 0 Å². The maximum Gasteiger partial charge on any atom is 0.306 e. The Morgan fingerprint density at radius 2 is 2.12 bits per heavy atom. The Balaban J connectivity index is 2.08. The molecule has 0 fully saturated rings. The molecule has 0 N–H and O–H groups in total. The number of nitrogens with zero attached hydrogens (tertiary/aromatic N) is 4. The summed E-state index contributed by atoms with van der Waals surface area (Å²) in [6.45, 7) is 3.70. The number of aryl methyl sites for hydroxylation is 3. The minimum absolute atomic E-state index is 0.0605. The normalized spacial score (nSPS) is 11.6. The Labute approximate surface area is 143 Å². The summed E-state index contributed by atoms with van der Waals surface area (Å²) >= 11 is 0. The lowest BCUT2D eigenvalue weighted by molar-refractivity contribution is -0.385. The summed E-state index contributed by atoms with van der Waals surface area (Å²) in [6.07, 6.45) is 2.15. The predicted molar refractivity (Wildman–Crippen MR) is 87.9 cm³/mol. The molecular weight excluding hydrogens is 324 g/mol. The first-order chi connectivity index (χ1) is 11.8. The average Bonchev–Trinajstić information content (AvgIpc) is 3.02. The number of Topliss-reactive ketones (excluding diaryl/α,β-unsaturated/α-hetero) is 2. The summed E-state index contributed by atoms with van der Waals surface area (Å²) < 4.78 is 1.24. The molecule has 0 radical (unpaired) electrons. The molecule has 2 aromatic rings. The van der Waals surface area contributed by atoms with Crippen LogP contribution in [0.3, 0.4) is 0 Å². The van der Waals surface area contributed by atoms with Gasteiger partial charge in [-0.3, -0.25) is 24.4 Å². The molecule has 0 spiro atoms. The number of benzene rings is 1. The summed E-state index contributed by atoms with van der Waals surface area (Å²) in [5.41, 5.74) is 1.85. The number of rotatable bonds is 7. The van der Waals surface area contributed by atoms with Crippen LogP contribution in [0.1, 0.15) is 27.9 Å². The van der Waals surface area contributed by atoms with Gasteiger partial charge in [0.15, 0.2) is 17.5 Å². The van der Waals surface area contributed by atoms with E-state index in [2.05, 4.69) is 5.10 Å². The van der Waals surface area contributed by atoms with Crippen LogP contribution < -0.4 is 0 Å². The molecule has 1 aromatic carbocycles. The average molecular weight is 340 g/mol. The molecule has 1 heterocycles. The van der Waals surface area contributed by atoms with Crippen LogP contribution in [-0.4, -0.2) is 26.3 Å². The first-order valence-electron chi connectivity index (χ1n) is 7.54. The maximum atomic E-state index is 12.5. The Morgan fingerprint density at radius 1 is 1.40 bits per heavy atom. The molecule has 8 heteroatoms. The summed E-state index contributed by atoms with van der Waals surface area (Å²) in [4.78, 5) is 34.8. The lowest BCUT2D eigenvalue weighted by atomic mass is 9.90. The zero-order chi connectivity index (χ0) is 18.6. The first-order valence-corrected chi connectivity index (χ1v) is 7.54. The van der Waals surface area contributed by atoms with Crippen LogP contribution in [0.4, 0.5) is 5.69 Å². The minimum Gasteiger partial charge on any atom is -0.298 e. The Hall–Kier alpha value is -3.34. The molecule has 0 amide bonds. The third-order valence-electron chi connectivity index (χ3n) is 3.78. The first kappa shape index (κ1) is 18.0. The fourth-order valence-electron chi connectivity index (χ4n) is 2.46. The topological polar surface area (TPSA) is 119 Å². The lowest BCUT2D eigenvalue weighted by Crippen LogP contribution is -2.24. The SMILES string of the molecule is Cc1ccc(C(=O)C(C#N)C(=O)CCn2cc([N+](=O)[O-])cn2)c(C)c1. The molecule has 8 nitrogen and oxygen atoms in total. The van der Waals surface area contributed by atoms with E-state index in [0.717, 1.165) is 11.8 Å². The van der Waals surface area contributed by atoms with E-state index in [1.54, 1.807) is 25.1 Å². The van der Waals surface area contributed by atoms with Crippen molar-refractivity contribution in [3.8, 4) is 6.07 Å². The molecule has 0 bridgehead atoms. The predicted octanol–water partition coefficient (Wildman–Crippen LogP) is 2.39. The van der Waals surface area contributed by atoms with E-state index in [4.69, 9.17) is 0 Å². The van der Waals surface area contributed by atoms with E-state index in [1.165, 1.54) is 10.9 Å². The zero-order valence-electron chi connectivity index (χ0n) is 13.8. The second-order valence-electron chi connectivity index (χ2n) is 5.68. The van der Waals surface area contributed by atoms with Crippen molar-refractivity contribution in [1.82, 2.24) is 9.78 Å². The Kier molecular flexibility index (Phi) is 5.39. The number of nitriles is 1. The van der Waals surface area contributed by atoms with Gasteiger partial charge in [0.05, 0.1) is 11.0 Å². The van der Waals surface area contributed by atoms with Gasteiger partial charge in [-0.1, -0.05) is 23.8 Å². The van der Waals surface area contributed by atoms with Crippen molar-refractivity contribution < 1.29 is 14.5 Å². The highest BCUT2D eigenvalue weighted by molar-refractivity contribution is 6.13. The number of carbonyl (C=O) groups excluding carboxylic acids is 2. The van der Waals surface area contributed by atoms with Gasteiger partial charge in [-0.15, -0.1) is 0 Å². The van der Waals surface area contributed by atoms with Crippen molar-refractivity contribution in [2.45, 2.75) is 26.8 Å². The van der Waals surface area contributed by atoms with Crippen LogP contribution in [0.2, 0.25) is 0 Å². The summed E-state index contributed by atoms with van der Waals surface area (Å²) in [5, 5.41) is 23.6. The van der Waals surface area contributed by atoms with Gasteiger partial charge in [-0.25, -0.2) is 0 Å². The molecule has 0 aliphatic heterocycles. The highest BCUT2D eigenvalue weighted by Gasteiger charge is 2.28. The van der Waals surface area contributed by atoms with Crippen molar-refractivity contribution in [3.05, 3.63) is 57.4 Å². The van der Waals surface area contributed by atoms with E-state index in [1.807, 2.05) is 13.0 Å². The number of aromatic nitrogens is 2.